The van der Waals surface area contributed by atoms with Crippen molar-refractivity contribution in [3.63, 3.8) is 0 Å². The van der Waals surface area contributed by atoms with Gasteiger partial charge in [0, 0.05) is 11.1 Å². The molecule has 1 aromatic rings. The van der Waals surface area contributed by atoms with Crippen molar-refractivity contribution in [2.24, 2.45) is 5.92 Å². The molecule has 0 radical (unpaired) electrons. The third kappa shape index (κ3) is 3.38. The van der Waals surface area contributed by atoms with Crippen LogP contribution in [0.15, 0.2) is 12.1 Å². The second-order valence-corrected chi connectivity index (χ2v) is 5.64. The van der Waals surface area contributed by atoms with E-state index in [4.69, 9.17) is 28.3 Å². The molecule has 1 aliphatic carbocycles. The van der Waals surface area contributed by atoms with Gasteiger partial charge in [-0.25, -0.2) is 4.39 Å². The van der Waals surface area contributed by atoms with Crippen LogP contribution in [0.2, 0.25) is 10.0 Å². The minimum Gasteiger partial charge on any atom is -0.480 e. The highest BCUT2D eigenvalue weighted by molar-refractivity contribution is 6.35. The lowest BCUT2D eigenvalue weighted by molar-refractivity contribution is -0.140. The minimum atomic E-state index is -0.889. The van der Waals surface area contributed by atoms with E-state index >= 15 is 0 Å². The first-order chi connectivity index (χ1) is 8.90. The zero-order valence-corrected chi connectivity index (χ0v) is 11.8. The molecule has 1 aromatic carbocycles. The van der Waals surface area contributed by atoms with E-state index in [-0.39, 0.29) is 17.0 Å². The Labute approximate surface area is 120 Å². The van der Waals surface area contributed by atoms with Crippen molar-refractivity contribution in [1.29, 1.82) is 0 Å². The fourth-order valence-corrected chi connectivity index (χ4v) is 2.61. The summed E-state index contributed by atoms with van der Waals surface area (Å²) in [5.41, 5.74) is 0.510. The van der Waals surface area contributed by atoms with Crippen molar-refractivity contribution in [2.75, 3.05) is 0 Å². The summed E-state index contributed by atoms with van der Waals surface area (Å²) in [6.07, 6.45) is 1.80. The maximum Gasteiger partial charge on any atom is 0.320 e. The quantitative estimate of drug-likeness (QED) is 0.816. The molecule has 2 rings (SSSR count). The lowest BCUT2D eigenvalue weighted by atomic mass is 10.1. The third-order valence-electron chi connectivity index (χ3n) is 3.30. The molecular weight excluding hydrogens is 292 g/mol. The maximum atomic E-state index is 13.5. The van der Waals surface area contributed by atoms with Crippen LogP contribution in [0.25, 0.3) is 0 Å². The van der Waals surface area contributed by atoms with Crippen LogP contribution in [-0.4, -0.2) is 17.1 Å². The van der Waals surface area contributed by atoms with Gasteiger partial charge in [-0.05, 0) is 43.4 Å². The average Bonchev–Trinajstić information content (AvgIpc) is 3.14. The van der Waals surface area contributed by atoms with Gasteiger partial charge in [0.1, 0.15) is 11.9 Å². The smallest absolute Gasteiger partial charge is 0.320 e. The first-order valence-electron chi connectivity index (χ1n) is 6.03. The fraction of sp³-hybridized carbons (Fsp3) is 0.462. The Balaban J connectivity index is 2.17. The van der Waals surface area contributed by atoms with E-state index in [2.05, 4.69) is 5.32 Å². The number of carboxylic acid groups (broad SMARTS) is 1. The molecule has 2 atom stereocenters. The molecule has 1 saturated carbocycles. The molecule has 104 valence electrons. The van der Waals surface area contributed by atoms with Gasteiger partial charge < -0.3 is 5.11 Å². The van der Waals surface area contributed by atoms with E-state index < -0.39 is 17.8 Å². The number of aliphatic carboxylic acids is 1. The van der Waals surface area contributed by atoms with E-state index in [0.29, 0.717) is 10.6 Å². The lowest BCUT2D eigenvalue weighted by Gasteiger charge is -2.21. The predicted molar refractivity (Wildman–Crippen MR) is 72.1 cm³/mol. The number of hydrogen-bond acceptors (Lipinski definition) is 2. The summed E-state index contributed by atoms with van der Waals surface area (Å²) in [5.74, 6) is -1.30. The highest BCUT2D eigenvalue weighted by atomic mass is 35.5. The fourth-order valence-electron chi connectivity index (χ4n) is 2.07. The van der Waals surface area contributed by atoms with Crippen molar-refractivity contribution >= 4 is 29.2 Å². The van der Waals surface area contributed by atoms with Crippen LogP contribution in [0.4, 0.5) is 4.39 Å². The maximum absolute atomic E-state index is 13.5. The van der Waals surface area contributed by atoms with E-state index in [1.807, 2.05) is 0 Å². The minimum absolute atomic E-state index is 0.0436. The van der Waals surface area contributed by atoms with Gasteiger partial charge in [-0.3, -0.25) is 10.1 Å². The highest BCUT2D eigenvalue weighted by Gasteiger charge is 2.37. The predicted octanol–water partition coefficient (Wildman–Crippen LogP) is 3.65. The Morgan fingerprint density at radius 3 is 2.58 bits per heavy atom. The Bertz CT molecular complexity index is 506. The average molecular weight is 306 g/mol. The molecule has 1 aliphatic rings. The Kier molecular flexibility index (Phi) is 4.33. The Morgan fingerprint density at radius 1 is 1.42 bits per heavy atom. The van der Waals surface area contributed by atoms with Crippen molar-refractivity contribution in [3.8, 4) is 0 Å². The molecule has 19 heavy (non-hydrogen) atoms. The van der Waals surface area contributed by atoms with E-state index in [1.165, 1.54) is 12.1 Å². The van der Waals surface area contributed by atoms with Gasteiger partial charge in [0.15, 0.2) is 0 Å². The summed E-state index contributed by atoms with van der Waals surface area (Å²) in [6, 6.07) is 1.60. The van der Waals surface area contributed by atoms with E-state index in [1.54, 1.807) is 6.92 Å². The van der Waals surface area contributed by atoms with Gasteiger partial charge in [-0.2, -0.15) is 0 Å². The molecule has 0 saturated heterocycles. The zero-order chi connectivity index (χ0) is 14.2. The monoisotopic (exact) mass is 305 g/mol. The van der Waals surface area contributed by atoms with Gasteiger partial charge in [0.05, 0.1) is 5.02 Å². The molecule has 0 heterocycles. The molecule has 3 nitrogen and oxygen atoms in total. The molecule has 1 fully saturated rings. The summed E-state index contributed by atoms with van der Waals surface area (Å²) < 4.78 is 13.5. The van der Waals surface area contributed by atoms with Gasteiger partial charge in [-0.1, -0.05) is 23.2 Å². The van der Waals surface area contributed by atoms with Crippen LogP contribution >= 0.6 is 23.2 Å². The summed E-state index contributed by atoms with van der Waals surface area (Å²) in [6.45, 7) is 1.76. The van der Waals surface area contributed by atoms with Gasteiger partial charge in [0.2, 0.25) is 0 Å². The van der Waals surface area contributed by atoms with Crippen molar-refractivity contribution in [2.45, 2.75) is 31.8 Å². The zero-order valence-electron chi connectivity index (χ0n) is 10.3. The third-order valence-corrected chi connectivity index (χ3v) is 3.91. The Hall–Kier alpha value is -0.840. The SMILES string of the molecule is CC(NC(C(=O)O)C1CC1)c1cc(F)c(Cl)cc1Cl. The standard InChI is InChI=1S/C13H14Cl2FNO2/c1-6(17-12(13(18)19)7-2-3-7)8-4-11(16)10(15)5-9(8)14/h4-7,12,17H,2-3H2,1H3,(H,18,19). The molecule has 0 aromatic heterocycles. The van der Waals surface area contributed by atoms with Gasteiger partial charge in [0.25, 0.3) is 0 Å². The van der Waals surface area contributed by atoms with Gasteiger partial charge in [-0.15, -0.1) is 0 Å². The van der Waals surface area contributed by atoms with Crippen molar-refractivity contribution in [1.82, 2.24) is 5.32 Å². The second kappa shape index (κ2) is 5.65. The number of hydrogen-bond donors (Lipinski definition) is 2. The molecule has 0 amide bonds. The highest BCUT2D eigenvalue weighted by Crippen LogP contribution is 2.35. The largest absolute Gasteiger partial charge is 0.480 e. The molecule has 0 bridgehead atoms. The topological polar surface area (TPSA) is 49.3 Å². The molecule has 2 unspecified atom stereocenters. The van der Waals surface area contributed by atoms with Crippen LogP contribution in [0, 0.1) is 11.7 Å². The molecular formula is C13H14Cl2FNO2. The van der Waals surface area contributed by atoms with Crippen LogP contribution < -0.4 is 5.32 Å². The lowest BCUT2D eigenvalue weighted by Crippen LogP contribution is -2.40. The van der Waals surface area contributed by atoms with E-state index in [9.17, 15) is 9.18 Å². The molecule has 2 N–H and O–H groups in total. The van der Waals surface area contributed by atoms with Crippen molar-refractivity contribution < 1.29 is 14.3 Å². The summed E-state index contributed by atoms with van der Waals surface area (Å²) in [4.78, 5) is 11.2. The van der Waals surface area contributed by atoms with Crippen LogP contribution in [0.5, 0.6) is 0 Å². The summed E-state index contributed by atoms with van der Waals surface area (Å²) >= 11 is 11.6. The van der Waals surface area contributed by atoms with Gasteiger partial charge >= 0.3 is 5.97 Å². The van der Waals surface area contributed by atoms with Crippen molar-refractivity contribution in [3.05, 3.63) is 33.6 Å². The normalized spacial score (nSPS) is 18.1. The Morgan fingerprint density at radius 2 is 2.05 bits per heavy atom. The van der Waals surface area contributed by atoms with E-state index in [0.717, 1.165) is 12.8 Å². The number of nitrogens with one attached hydrogen (secondary N) is 1. The summed E-state index contributed by atoms with van der Waals surface area (Å²) in [5, 5.41) is 12.4. The molecule has 6 heteroatoms. The number of benzene rings is 1. The molecule has 0 aliphatic heterocycles. The number of rotatable bonds is 5. The second-order valence-electron chi connectivity index (χ2n) is 4.83. The number of halogens is 3. The van der Waals surface area contributed by atoms with Crippen LogP contribution in [-0.2, 0) is 4.79 Å². The summed E-state index contributed by atoms with van der Waals surface area (Å²) in [7, 11) is 0. The first-order valence-corrected chi connectivity index (χ1v) is 6.79. The molecule has 0 spiro atoms. The first kappa shape index (κ1) is 14.6. The van der Waals surface area contributed by atoms with Crippen LogP contribution in [0.3, 0.4) is 0 Å². The van der Waals surface area contributed by atoms with Crippen LogP contribution in [0.1, 0.15) is 31.4 Å². The number of carbonyl (C=O) groups is 1. The number of carboxylic acids is 1.